The van der Waals surface area contributed by atoms with E-state index in [1.54, 1.807) is 0 Å². The van der Waals surface area contributed by atoms with Crippen LogP contribution in [0.4, 0.5) is 0 Å². The Morgan fingerprint density at radius 3 is 2.64 bits per heavy atom. The molecule has 0 bridgehead atoms. The van der Waals surface area contributed by atoms with Crippen molar-refractivity contribution in [3.63, 3.8) is 0 Å². The molecule has 0 aliphatic carbocycles. The highest BCUT2D eigenvalue weighted by atomic mass is 127. The van der Waals surface area contributed by atoms with Gasteiger partial charge in [-0.15, -0.1) is 24.0 Å². The standard InChI is InChI=1S/C19H33N5.HI/c1-20-19(23(3)17-18-9-5-4-6-10-18)21-11-7-13-24-14-8-12-22(2)15-16-24;/h4-6,9-10H,7-8,11-17H2,1-3H3,(H,20,21);1H. The van der Waals surface area contributed by atoms with Crippen molar-refractivity contribution in [2.75, 3.05) is 60.4 Å². The smallest absolute Gasteiger partial charge is 0.193 e. The molecule has 0 unspecified atom stereocenters. The number of benzene rings is 1. The zero-order valence-corrected chi connectivity index (χ0v) is 18.3. The minimum absolute atomic E-state index is 0. The first kappa shape index (κ1) is 22.2. The normalized spacial score (nSPS) is 16.8. The average molecular weight is 459 g/mol. The predicted octanol–water partition coefficient (Wildman–Crippen LogP) is 2.34. The lowest BCUT2D eigenvalue weighted by molar-refractivity contribution is 0.273. The Balaban J connectivity index is 0.00000312. The number of hydrogen-bond acceptors (Lipinski definition) is 3. The van der Waals surface area contributed by atoms with Gasteiger partial charge >= 0.3 is 0 Å². The van der Waals surface area contributed by atoms with E-state index in [0.717, 1.165) is 25.5 Å². The third kappa shape index (κ3) is 8.37. The molecule has 0 spiro atoms. The van der Waals surface area contributed by atoms with Crippen LogP contribution in [0.25, 0.3) is 0 Å². The van der Waals surface area contributed by atoms with Crippen LogP contribution in [0.1, 0.15) is 18.4 Å². The summed E-state index contributed by atoms with van der Waals surface area (Å²) in [4.78, 5) is 11.6. The maximum atomic E-state index is 4.40. The van der Waals surface area contributed by atoms with Gasteiger partial charge in [-0.2, -0.15) is 0 Å². The van der Waals surface area contributed by atoms with E-state index in [4.69, 9.17) is 0 Å². The lowest BCUT2D eigenvalue weighted by atomic mass is 10.2. The Kier molecular flexibility index (Phi) is 11.1. The van der Waals surface area contributed by atoms with Crippen molar-refractivity contribution in [1.82, 2.24) is 20.0 Å². The van der Waals surface area contributed by atoms with E-state index in [1.165, 1.54) is 44.7 Å². The van der Waals surface area contributed by atoms with Crippen LogP contribution in [0.15, 0.2) is 35.3 Å². The van der Waals surface area contributed by atoms with Gasteiger partial charge in [0.15, 0.2) is 5.96 Å². The molecule has 6 heteroatoms. The first-order valence-corrected chi connectivity index (χ1v) is 9.05. The number of aliphatic imine (C=N–C) groups is 1. The zero-order chi connectivity index (χ0) is 17.2. The predicted molar refractivity (Wildman–Crippen MR) is 118 cm³/mol. The quantitative estimate of drug-likeness (QED) is 0.307. The Hall–Kier alpha value is -0.860. The van der Waals surface area contributed by atoms with Gasteiger partial charge in [0.2, 0.25) is 0 Å². The molecular formula is C19H34IN5. The minimum Gasteiger partial charge on any atom is -0.356 e. The molecule has 1 fully saturated rings. The number of likely N-dealkylation sites (N-methyl/N-ethyl adjacent to an activating group) is 1. The van der Waals surface area contributed by atoms with E-state index in [-0.39, 0.29) is 24.0 Å². The maximum Gasteiger partial charge on any atom is 0.193 e. The van der Waals surface area contributed by atoms with Crippen LogP contribution in [-0.4, -0.2) is 81.1 Å². The Morgan fingerprint density at radius 1 is 1.16 bits per heavy atom. The summed E-state index contributed by atoms with van der Waals surface area (Å²) in [5.41, 5.74) is 1.30. The molecule has 0 aromatic heterocycles. The third-order valence-electron chi connectivity index (χ3n) is 4.58. The Morgan fingerprint density at radius 2 is 1.92 bits per heavy atom. The number of rotatable bonds is 6. The van der Waals surface area contributed by atoms with Crippen LogP contribution in [0.2, 0.25) is 0 Å². The fourth-order valence-electron chi connectivity index (χ4n) is 3.14. The average Bonchev–Trinajstić information content (AvgIpc) is 2.80. The van der Waals surface area contributed by atoms with Crippen molar-refractivity contribution < 1.29 is 0 Å². The van der Waals surface area contributed by atoms with Crippen molar-refractivity contribution in [1.29, 1.82) is 0 Å². The Labute approximate surface area is 170 Å². The first-order valence-electron chi connectivity index (χ1n) is 9.05. The summed E-state index contributed by atoms with van der Waals surface area (Å²) in [6.07, 6.45) is 2.44. The van der Waals surface area contributed by atoms with Gasteiger partial charge in [-0.1, -0.05) is 30.3 Å². The van der Waals surface area contributed by atoms with Gasteiger partial charge in [0.1, 0.15) is 0 Å². The number of halogens is 1. The molecule has 1 saturated heterocycles. The second-order valence-corrected chi connectivity index (χ2v) is 6.67. The van der Waals surface area contributed by atoms with Gasteiger partial charge in [0, 0.05) is 40.3 Å². The number of nitrogens with zero attached hydrogens (tertiary/aromatic N) is 4. The van der Waals surface area contributed by atoms with Gasteiger partial charge in [0.25, 0.3) is 0 Å². The van der Waals surface area contributed by atoms with Crippen molar-refractivity contribution in [2.24, 2.45) is 4.99 Å². The summed E-state index contributed by atoms with van der Waals surface area (Å²) in [7, 11) is 6.17. The van der Waals surface area contributed by atoms with E-state index in [2.05, 4.69) is 69.4 Å². The number of hydrogen-bond donors (Lipinski definition) is 1. The number of guanidine groups is 1. The molecule has 0 atom stereocenters. The highest BCUT2D eigenvalue weighted by Gasteiger charge is 2.11. The van der Waals surface area contributed by atoms with Crippen LogP contribution in [0, 0.1) is 0 Å². The molecule has 1 aliphatic heterocycles. The van der Waals surface area contributed by atoms with Gasteiger partial charge in [-0.25, -0.2) is 0 Å². The van der Waals surface area contributed by atoms with Crippen molar-refractivity contribution in [3.05, 3.63) is 35.9 Å². The van der Waals surface area contributed by atoms with Crippen LogP contribution < -0.4 is 5.32 Å². The molecule has 0 saturated carbocycles. The summed E-state index contributed by atoms with van der Waals surface area (Å²) < 4.78 is 0. The molecule has 25 heavy (non-hydrogen) atoms. The van der Waals surface area contributed by atoms with Crippen LogP contribution >= 0.6 is 24.0 Å². The SMILES string of the molecule is CN=C(NCCCN1CCCN(C)CC1)N(C)Cc1ccccc1.I. The minimum atomic E-state index is 0. The highest BCUT2D eigenvalue weighted by molar-refractivity contribution is 14.0. The van der Waals surface area contributed by atoms with E-state index in [1.807, 2.05) is 7.05 Å². The van der Waals surface area contributed by atoms with Gasteiger partial charge in [0.05, 0.1) is 0 Å². The topological polar surface area (TPSA) is 34.1 Å². The summed E-state index contributed by atoms with van der Waals surface area (Å²) in [5, 5.41) is 3.49. The van der Waals surface area contributed by atoms with E-state index in [9.17, 15) is 0 Å². The van der Waals surface area contributed by atoms with Gasteiger partial charge < -0.3 is 20.0 Å². The molecule has 1 aliphatic rings. The number of nitrogens with one attached hydrogen (secondary N) is 1. The Bertz CT molecular complexity index is 494. The second-order valence-electron chi connectivity index (χ2n) is 6.67. The van der Waals surface area contributed by atoms with Crippen molar-refractivity contribution in [2.45, 2.75) is 19.4 Å². The van der Waals surface area contributed by atoms with E-state index >= 15 is 0 Å². The summed E-state index contributed by atoms with van der Waals surface area (Å²) in [6.45, 7) is 7.85. The maximum absolute atomic E-state index is 4.40. The van der Waals surface area contributed by atoms with E-state index in [0.29, 0.717) is 0 Å². The van der Waals surface area contributed by atoms with Crippen LogP contribution in [0.5, 0.6) is 0 Å². The molecule has 5 nitrogen and oxygen atoms in total. The molecule has 0 amide bonds. The lowest BCUT2D eigenvalue weighted by Crippen LogP contribution is -2.40. The third-order valence-corrected chi connectivity index (χ3v) is 4.58. The molecule has 1 heterocycles. The van der Waals surface area contributed by atoms with Gasteiger partial charge in [-0.05, 0) is 45.1 Å². The molecule has 1 N–H and O–H groups in total. The largest absolute Gasteiger partial charge is 0.356 e. The summed E-state index contributed by atoms with van der Waals surface area (Å²) >= 11 is 0. The zero-order valence-electron chi connectivity index (χ0n) is 15.9. The summed E-state index contributed by atoms with van der Waals surface area (Å²) in [6, 6.07) is 10.5. The summed E-state index contributed by atoms with van der Waals surface area (Å²) in [5.74, 6) is 0.967. The fraction of sp³-hybridized carbons (Fsp3) is 0.632. The van der Waals surface area contributed by atoms with Crippen LogP contribution in [0.3, 0.4) is 0 Å². The van der Waals surface area contributed by atoms with Crippen molar-refractivity contribution >= 4 is 29.9 Å². The molecule has 1 aromatic rings. The van der Waals surface area contributed by atoms with Crippen LogP contribution in [-0.2, 0) is 6.54 Å². The first-order chi connectivity index (χ1) is 11.7. The molecule has 142 valence electrons. The molecule has 0 radical (unpaired) electrons. The lowest BCUT2D eigenvalue weighted by Gasteiger charge is -2.23. The molecular weight excluding hydrogens is 425 g/mol. The monoisotopic (exact) mass is 459 g/mol. The fourth-order valence-corrected chi connectivity index (χ4v) is 3.14. The van der Waals surface area contributed by atoms with E-state index < -0.39 is 0 Å². The second kappa shape index (κ2) is 12.5. The molecule has 2 rings (SSSR count). The van der Waals surface area contributed by atoms with Gasteiger partial charge in [-0.3, -0.25) is 4.99 Å². The highest BCUT2D eigenvalue weighted by Crippen LogP contribution is 2.03. The van der Waals surface area contributed by atoms with Crippen molar-refractivity contribution in [3.8, 4) is 0 Å². The molecule has 1 aromatic carbocycles.